The maximum Gasteiger partial charge on any atom is 0.150 e. The number of aryl methyl sites for hydroxylation is 1. The maximum absolute atomic E-state index is 14.0. The van der Waals surface area contributed by atoms with Gasteiger partial charge in [0.1, 0.15) is 17.5 Å². The Balaban J connectivity index is 2.30. The second-order valence-corrected chi connectivity index (χ2v) is 4.76. The molecular formula is C15H11ClF2N2. The Labute approximate surface area is 119 Å². The van der Waals surface area contributed by atoms with Crippen LogP contribution in [0, 0.1) is 11.6 Å². The van der Waals surface area contributed by atoms with Crippen molar-refractivity contribution in [1.82, 2.24) is 9.55 Å². The number of alkyl halides is 1. The van der Waals surface area contributed by atoms with E-state index in [9.17, 15) is 8.78 Å². The molecular weight excluding hydrogens is 282 g/mol. The third-order valence-corrected chi connectivity index (χ3v) is 3.29. The molecule has 0 saturated carbocycles. The molecule has 0 spiro atoms. The fourth-order valence-electron chi connectivity index (χ4n) is 2.26. The van der Waals surface area contributed by atoms with Gasteiger partial charge in [0, 0.05) is 18.4 Å². The Morgan fingerprint density at radius 2 is 1.90 bits per heavy atom. The molecule has 0 unspecified atom stereocenters. The molecule has 3 aromatic rings. The minimum Gasteiger partial charge on any atom is -0.293 e. The standard InChI is InChI=1S/C15H11ClF2N2/c16-8-7-15-19-12-3-1-2-4-14(12)20(15)13-6-5-10(17)9-11(13)18/h1-6,9H,7-8H2. The summed E-state index contributed by atoms with van der Waals surface area (Å²) in [4.78, 5) is 4.46. The van der Waals surface area contributed by atoms with Crippen LogP contribution in [0.15, 0.2) is 42.5 Å². The van der Waals surface area contributed by atoms with E-state index >= 15 is 0 Å². The van der Waals surface area contributed by atoms with Crippen molar-refractivity contribution >= 4 is 22.6 Å². The van der Waals surface area contributed by atoms with Gasteiger partial charge in [-0.15, -0.1) is 11.6 Å². The molecule has 3 rings (SSSR count). The van der Waals surface area contributed by atoms with Crippen molar-refractivity contribution in [1.29, 1.82) is 0 Å². The molecule has 0 aliphatic rings. The number of rotatable bonds is 3. The summed E-state index contributed by atoms with van der Waals surface area (Å²) in [6, 6.07) is 10.9. The van der Waals surface area contributed by atoms with Crippen LogP contribution in [0.4, 0.5) is 8.78 Å². The average Bonchev–Trinajstić information content (AvgIpc) is 2.78. The fourth-order valence-corrected chi connectivity index (χ4v) is 2.43. The number of hydrogen-bond acceptors (Lipinski definition) is 1. The highest BCUT2D eigenvalue weighted by molar-refractivity contribution is 6.17. The second-order valence-electron chi connectivity index (χ2n) is 4.39. The molecule has 102 valence electrons. The molecule has 1 heterocycles. The molecule has 0 aliphatic carbocycles. The summed E-state index contributed by atoms with van der Waals surface area (Å²) in [6.07, 6.45) is 0.507. The van der Waals surface area contributed by atoms with Crippen molar-refractivity contribution < 1.29 is 8.78 Å². The molecule has 1 aromatic heterocycles. The number of fused-ring (bicyclic) bond motifs is 1. The summed E-state index contributed by atoms with van der Waals surface area (Å²) in [5.74, 6) is -0.183. The SMILES string of the molecule is Fc1ccc(-n2c(CCCl)nc3ccccc32)c(F)c1. The quantitative estimate of drug-likeness (QED) is 0.665. The van der Waals surface area contributed by atoms with Gasteiger partial charge in [0.05, 0.1) is 16.7 Å². The zero-order valence-electron chi connectivity index (χ0n) is 10.5. The van der Waals surface area contributed by atoms with Crippen LogP contribution in [-0.4, -0.2) is 15.4 Å². The number of imidazole rings is 1. The summed E-state index contributed by atoms with van der Waals surface area (Å²) < 4.78 is 28.8. The lowest BCUT2D eigenvalue weighted by molar-refractivity contribution is 0.577. The van der Waals surface area contributed by atoms with Crippen LogP contribution in [0.5, 0.6) is 0 Å². The van der Waals surface area contributed by atoms with Gasteiger partial charge in [0.25, 0.3) is 0 Å². The van der Waals surface area contributed by atoms with Gasteiger partial charge in [-0.1, -0.05) is 12.1 Å². The van der Waals surface area contributed by atoms with Crippen molar-refractivity contribution in [3.63, 3.8) is 0 Å². The van der Waals surface area contributed by atoms with Gasteiger partial charge >= 0.3 is 0 Å². The third-order valence-electron chi connectivity index (χ3n) is 3.10. The minimum atomic E-state index is -0.621. The van der Waals surface area contributed by atoms with Crippen molar-refractivity contribution in [2.24, 2.45) is 0 Å². The fraction of sp³-hybridized carbons (Fsp3) is 0.133. The number of benzene rings is 2. The van der Waals surface area contributed by atoms with Gasteiger partial charge < -0.3 is 0 Å². The van der Waals surface area contributed by atoms with Crippen molar-refractivity contribution in [2.45, 2.75) is 6.42 Å². The highest BCUT2D eigenvalue weighted by Gasteiger charge is 2.15. The Hall–Kier alpha value is -1.94. The predicted molar refractivity (Wildman–Crippen MR) is 75.4 cm³/mol. The first-order chi connectivity index (χ1) is 9.70. The number of hydrogen-bond donors (Lipinski definition) is 0. The van der Waals surface area contributed by atoms with E-state index in [1.165, 1.54) is 12.1 Å². The molecule has 0 atom stereocenters. The molecule has 20 heavy (non-hydrogen) atoms. The molecule has 0 N–H and O–H groups in total. The molecule has 2 nitrogen and oxygen atoms in total. The summed E-state index contributed by atoms with van der Waals surface area (Å²) in [5, 5.41) is 0. The monoisotopic (exact) mass is 292 g/mol. The number of nitrogens with zero attached hydrogens (tertiary/aromatic N) is 2. The van der Waals surface area contributed by atoms with Crippen LogP contribution in [0.2, 0.25) is 0 Å². The molecule has 2 aromatic carbocycles. The highest BCUT2D eigenvalue weighted by atomic mass is 35.5. The third kappa shape index (κ3) is 2.16. The largest absolute Gasteiger partial charge is 0.293 e. The smallest absolute Gasteiger partial charge is 0.150 e. The van der Waals surface area contributed by atoms with Gasteiger partial charge in [-0.2, -0.15) is 0 Å². The molecule has 0 aliphatic heterocycles. The van der Waals surface area contributed by atoms with Crippen LogP contribution in [0.3, 0.4) is 0 Å². The molecule has 0 saturated heterocycles. The van der Waals surface area contributed by atoms with Crippen LogP contribution < -0.4 is 0 Å². The molecule has 0 radical (unpaired) electrons. The average molecular weight is 293 g/mol. The summed E-state index contributed by atoms with van der Waals surface area (Å²) >= 11 is 5.78. The van der Waals surface area contributed by atoms with E-state index in [1.54, 1.807) is 4.57 Å². The van der Waals surface area contributed by atoms with Crippen molar-refractivity contribution in [3.8, 4) is 5.69 Å². The predicted octanol–water partition coefficient (Wildman–Crippen LogP) is 4.09. The van der Waals surface area contributed by atoms with E-state index in [2.05, 4.69) is 4.98 Å². The Morgan fingerprint density at radius 3 is 2.65 bits per heavy atom. The summed E-state index contributed by atoms with van der Waals surface area (Å²) in [5.41, 5.74) is 1.81. The van der Waals surface area contributed by atoms with Crippen molar-refractivity contribution in [3.05, 3.63) is 59.9 Å². The van der Waals surface area contributed by atoms with Crippen LogP contribution in [-0.2, 0) is 6.42 Å². The van der Waals surface area contributed by atoms with Crippen LogP contribution in [0.25, 0.3) is 16.7 Å². The lowest BCUT2D eigenvalue weighted by atomic mass is 10.2. The van der Waals surface area contributed by atoms with E-state index in [0.29, 0.717) is 18.1 Å². The van der Waals surface area contributed by atoms with E-state index in [0.717, 1.165) is 17.1 Å². The van der Waals surface area contributed by atoms with E-state index in [1.807, 2.05) is 24.3 Å². The van der Waals surface area contributed by atoms with E-state index in [4.69, 9.17) is 11.6 Å². The van der Waals surface area contributed by atoms with Crippen LogP contribution >= 0.6 is 11.6 Å². The molecule has 0 amide bonds. The van der Waals surface area contributed by atoms with Gasteiger partial charge in [-0.25, -0.2) is 13.8 Å². The normalized spacial score (nSPS) is 11.2. The zero-order chi connectivity index (χ0) is 14.1. The summed E-state index contributed by atoms with van der Waals surface area (Å²) in [6.45, 7) is 0. The van der Waals surface area contributed by atoms with Crippen LogP contribution in [0.1, 0.15) is 5.82 Å². The first-order valence-electron chi connectivity index (χ1n) is 6.18. The Bertz CT molecular complexity index is 768. The lowest BCUT2D eigenvalue weighted by Crippen LogP contribution is -2.04. The van der Waals surface area contributed by atoms with E-state index in [-0.39, 0.29) is 5.69 Å². The number of para-hydroxylation sites is 2. The lowest BCUT2D eigenvalue weighted by Gasteiger charge is -2.09. The second kappa shape index (κ2) is 5.21. The highest BCUT2D eigenvalue weighted by Crippen LogP contribution is 2.24. The molecule has 0 bridgehead atoms. The Morgan fingerprint density at radius 1 is 1.10 bits per heavy atom. The first kappa shape index (κ1) is 13.1. The Kier molecular flexibility index (Phi) is 3.40. The topological polar surface area (TPSA) is 17.8 Å². The van der Waals surface area contributed by atoms with Gasteiger partial charge in [-0.3, -0.25) is 4.57 Å². The molecule has 0 fully saturated rings. The van der Waals surface area contributed by atoms with Gasteiger partial charge in [-0.05, 0) is 24.3 Å². The number of aromatic nitrogens is 2. The number of halogens is 3. The van der Waals surface area contributed by atoms with Gasteiger partial charge in [0.15, 0.2) is 0 Å². The summed E-state index contributed by atoms with van der Waals surface area (Å²) in [7, 11) is 0. The zero-order valence-corrected chi connectivity index (χ0v) is 11.2. The minimum absolute atomic E-state index is 0.278. The maximum atomic E-state index is 14.0. The first-order valence-corrected chi connectivity index (χ1v) is 6.72. The van der Waals surface area contributed by atoms with E-state index < -0.39 is 11.6 Å². The van der Waals surface area contributed by atoms with Gasteiger partial charge in [0.2, 0.25) is 0 Å². The molecule has 5 heteroatoms. The van der Waals surface area contributed by atoms with Crippen molar-refractivity contribution in [2.75, 3.05) is 5.88 Å².